The molecule has 1 heterocycles. The first-order valence-electron chi connectivity index (χ1n) is 6.99. The summed E-state index contributed by atoms with van der Waals surface area (Å²) in [4.78, 5) is 23.0. The van der Waals surface area contributed by atoms with Crippen LogP contribution >= 0.6 is 0 Å². The fourth-order valence-electron chi connectivity index (χ4n) is 2.73. The molecule has 1 aromatic carbocycles. The molecule has 0 radical (unpaired) electrons. The van der Waals surface area contributed by atoms with E-state index in [9.17, 15) is 9.70 Å². The van der Waals surface area contributed by atoms with Crippen molar-refractivity contribution >= 4 is 5.97 Å². The molecule has 0 spiro atoms. The topological polar surface area (TPSA) is 59.0 Å². The molecule has 0 atom stereocenters. The number of carbonyl (C=O) groups is 1. The zero-order valence-corrected chi connectivity index (χ0v) is 11.7. The molecular formula is C15H20N2O3. The summed E-state index contributed by atoms with van der Waals surface area (Å²) in [5.74, 6) is -0.158. The van der Waals surface area contributed by atoms with Crippen LogP contribution in [0.4, 0.5) is 0 Å². The molecule has 0 N–H and O–H groups in total. The normalized spacial score (nSPS) is 17.6. The number of piperidine rings is 1. The largest absolute Gasteiger partial charge is 0.466 e. The molecule has 1 aliphatic rings. The van der Waals surface area contributed by atoms with Crippen molar-refractivity contribution in [2.45, 2.75) is 26.2 Å². The smallest absolute Gasteiger partial charge is 0.312 e. The van der Waals surface area contributed by atoms with Gasteiger partial charge in [-0.25, -0.2) is 0 Å². The quantitative estimate of drug-likeness (QED) is 0.612. The zero-order chi connectivity index (χ0) is 14.4. The van der Waals surface area contributed by atoms with E-state index in [0.717, 1.165) is 5.56 Å². The Morgan fingerprint density at radius 1 is 1.30 bits per heavy atom. The van der Waals surface area contributed by atoms with E-state index in [1.54, 1.807) is 0 Å². The Morgan fingerprint density at radius 3 is 2.50 bits per heavy atom. The molecule has 1 saturated heterocycles. The fraction of sp³-hybridized carbons (Fsp3) is 0.533. The highest BCUT2D eigenvalue weighted by Crippen LogP contribution is 2.36. The molecule has 5 nitrogen and oxygen atoms in total. The number of rotatable bonds is 5. The van der Waals surface area contributed by atoms with E-state index in [2.05, 4.69) is 5.29 Å². The molecule has 1 aromatic rings. The molecule has 0 saturated carbocycles. The van der Waals surface area contributed by atoms with Gasteiger partial charge in [-0.15, -0.1) is 4.91 Å². The second-order valence-corrected chi connectivity index (χ2v) is 5.20. The van der Waals surface area contributed by atoms with Gasteiger partial charge in [0.15, 0.2) is 0 Å². The van der Waals surface area contributed by atoms with Crippen LogP contribution in [0.3, 0.4) is 0 Å². The van der Waals surface area contributed by atoms with Gasteiger partial charge >= 0.3 is 5.97 Å². The Bertz CT molecular complexity index is 453. The predicted molar refractivity (Wildman–Crippen MR) is 75.8 cm³/mol. The lowest BCUT2D eigenvalue weighted by Crippen LogP contribution is -2.44. The SMILES string of the molecule is CCOC(=O)C1(Cc2ccccc2)CCN(N=O)CC1. The number of hydrogen-bond donors (Lipinski definition) is 0. The first-order chi connectivity index (χ1) is 9.70. The third-order valence-electron chi connectivity index (χ3n) is 3.91. The Balaban J connectivity index is 2.16. The summed E-state index contributed by atoms with van der Waals surface area (Å²) in [7, 11) is 0. The first kappa shape index (κ1) is 14.5. The fourth-order valence-corrected chi connectivity index (χ4v) is 2.73. The Kier molecular flexibility index (Phi) is 4.71. The van der Waals surface area contributed by atoms with Crippen LogP contribution in [0, 0.1) is 10.3 Å². The van der Waals surface area contributed by atoms with Gasteiger partial charge in [0.25, 0.3) is 0 Å². The highest BCUT2D eigenvalue weighted by atomic mass is 16.5. The lowest BCUT2D eigenvalue weighted by Gasteiger charge is -2.37. The second-order valence-electron chi connectivity index (χ2n) is 5.20. The van der Waals surface area contributed by atoms with Gasteiger partial charge in [0.05, 0.1) is 17.3 Å². The minimum absolute atomic E-state index is 0.158. The summed E-state index contributed by atoms with van der Waals surface area (Å²) < 4.78 is 5.26. The summed E-state index contributed by atoms with van der Waals surface area (Å²) in [6.45, 7) is 3.21. The maximum absolute atomic E-state index is 12.4. The molecule has 0 aromatic heterocycles. The number of nitrogens with zero attached hydrogens (tertiary/aromatic N) is 2. The first-order valence-corrected chi connectivity index (χ1v) is 6.99. The lowest BCUT2D eigenvalue weighted by atomic mass is 9.74. The van der Waals surface area contributed by atoms with Crippen LogP contribution in [0.1, 0.15) is 25.3 Å². The van der Waals surface area contributed by atoms with Crippen LogP contribution in [0.15, 0.2) is 35.6 Å². The zero-order valence-electron chi connectivity index (χ0n) is 11.7. The minimum Gasteiger partial charge on any atom is -0.466 e. The standard InChI is InChI=1S/C15H20N2O3/c1-2-20-14(18)15(8-10-17(16-19)11-9-15)12-13-6-4-3-5-7-13/h3-7H,2,8-12H2,1H3. The van der Waals surface area contributed by atoms with Crippen LogP contribution in [-0.4, -0.2) is 30.7 Å². The van der Waals surface area contributed by atoms with Crippen molar-refractivity contribution in [1.82, 2.24) is 5.01 Å². The van der Waals surface area contributed by atoms with Crippen molar-refractivity contribution in [3.63, 3.8) is 0 Å². The molecular weight excluding hydrogens is 256 g/mol. The summed E-state index contributed by atoms with van der Waals surface area (Å²) in [6, 6.07) is 9.93. The van der Waals surface area contributed by atoms with E-state index in [-0.39, 0.29) is 5.97 Å². The van der Waals surface area contributed by atoms with Gasteiger partial charge in [0.1, 0.15) is 0 Å². The summed E-state index contributed by atoms with van der Waals surface area (Å²) in [5.41, 5.74) is 0.589. The van der Waals surface area contributed by atoms with Crippen molar-refractivity contribution in [1.29, 1.82) is 0 Å². The van der Waals surface area contributed by atoms with Crippen LogP contribution < -0.4 is 0 Å². The number of benzene rings is 1. The van der Waals surface area contributed by atoms with Gasteiger partial charge < -0.3 is 4.74 Å². The molecule has 20 heavy (non-hydrogen) atoms. The Morgan fingerprint density at radius 2 is 1.95 bits per heavy atom. The molecule has 0 unspecified atom stereocenters. The maximum Gasteiger partial charge on any atom is 0.312 e. The molecule has 1 aliphatic heterocycles. The van der Waals surface area contributed by atoms with Crippen LogP contribution in [0.2, 0.25) is 0 Å². The average Bonchev–Trinajstić information content (AvgIpc) is 2.49. The van der Waals surface area contributed by atoms with Crippen LogP contribution in [-0.2, 0) is 16.0 Å². The summed E-state index contributed by atoms with van der Waals surface area (Å²) in [6.07, 6.45) is 1.86. The number of ether oxygens (including phenoxy) is 1. The van der Waals surface area contributed by atoms with Crippen molar-refractivity contribution in [3.8, 4) is 0 Å². The molecule has 2 rings (SSSR count). The highest BCUT2D eigenvalue weighted by Gasteiger charge is 2.42. The number of hydrogen-bond acceptors (Lipinski definition) is 4. The average molecular weight is 276 g/mol. The lowest BCUT2D eigenvalue weighted by molar-refractivity contribution is -0.158. The third-order valence-corrected chi connectivity index (χ3v) is 3.91. The third kappa shape index (κ3) is 3.15. The monoisotopic (exact) mass is 276 g/mol. The van der Waals surface area contributed by atoms with Gasteiger partial charge in [-0.3, -0.25) is 9.80 Å². The van der Waals surface area contributed by atoms with E-state index in [0.29, 0.717) is 39.0 Å². The maximum atomic E-state index is 12.4. The second kappa shape index (κ2) is 6.50. The summed E-state index contributed by atoms with van der Waals surface area (Å²) in [5, 5.41) is 4.43. The van der Waals surface area contributed by atoms with Crippen molar-refractivity contribution < 1.29 is 9.53 Å². The molecule has 108 valence electrons. The van der Waals surface area contributed by atoms with Crippen molar-refractivity contribution in [2.75, 3.05) is 19.7 Å². The van der Waals surface area contributed by atoms with E-state index >= 15 is 0 Å². The van der Waals surface area contributed by atoms with E-state index in [1.165, 1.54) is 5.01 Å². The van der Waals surface area contributed by atoms with Gasteiger partial charge in [-0.2, -0.15) is 0 Å². The highest BCUT2D eigenvalue weighted by molar-refractivity contribution is 5.77. The minimum atomic E-state index is -0.529. The van der Waals surface area contributed by atoms with Gasteiger partial charge in [-0.05, 0) is 31.7 Å². The van der Waals surface area contributed by atoms with E-state index in [4.69, 9.17) is 4.74 Å². The van der Waals surface area contributed by atoms with Crippen LogP contribution in [0.25, 0.3) is 0 Å². The number of carbonyl (C=O) groups excluding carboxylic acids is 1. The van der Waals surface area contributed by atoms with Gasteiger partial charge in [0, 0.05) is 13.1 Å². The molecule has 0 amide bonds. The number of esters is 1. The van der Waals surface area contributed by atoms with E-state index < -0.39 is 5.41 Å². The van der Waals surface area contributed by atoms with E-state index in [1.807, 2.05) is 37.3 Å². The van der Waals surface area contributed by atoms with Gasteiger partial charge in [0.2, 0.25) is 0 Å². The molecule has 1 fully saturated rings. The predicted octanol–water partition coefficient (Wildman–Crippen LogP) is 2.56. The van der Waals surface area contributed by atoms with Crippen molar-refractivity contribution in [2.24, 2.45) is 10.7 Å². The van der Waals surface area contributed by atoms with Gasteiger partial charge in [-0.1, -0.05) is 30.3 Å². The Labute approximate surface area is 118 Å². The summed E-state index contributed by atoms with van der Waals surface area (Å²) >= 11 is 0. The number of nitroso groups, excluding NO2 is 1. The molecule has 0 aliphatic carbocycles. The molecule has 5 heteroatoms. The van der Waals surface area contributed by atoms with Crippen molar-refractivity contribution in [3.05, 3.63) is 40.8 Å². The Hall–Kier alpha value is -1.91. The molecule has 0 bridgehead atoms. The van der Waals surface area contributed by atoms with Crippen LogP contribution in [0.5, 0.6) is 0 Å².